The molecule has 1 fully saturated rings. The Bertz CT molecular complexity index is 617. The Hall–Kier alpha value is -1.81. The van der Waals surface area contributed by atoms with Gasteiger partial charge in [-0.3, -0.25) is 0 Å². The number of hydrogen-bond donors (Lipinski definition) is 1. The van der Waals surface area contributed by atoms with Gasteiger partial charge in [0.1, 0.15) is 0 Å². The smallest absolute Gasteiger partial charge is 0.337 e. The summed E-state index contributed by atoms with van der Waals surface area (Å²) in [5, 5.41) is 14.0. The minimum atomic E-state index is -1.00. The Morgan fingerprint density at radius 1 is 1.39 bits per heavy atom. The van der Waals surface area contributed by atoms with Gasteiger partial charge in [0.25, 0.3) is 0 Å². The van der Waals surface area contributed by atoms with Crippen LogP contribution >= 0.6 is 11.6 Å². The van der Waals surface area contributed by atoms with Gasteiger partial charge in [-0.05, 0) is 31.0 Å². The monoisotopic (exact) mass is 262 g/mol. The number of para-hydroxylation sites is 1. The van der Waals surface area contributed by atoms with Crippen molar-refractivity contribution >= 4 is 17.6 Å². The van der Waals surface area contributed by atoms with Crippen LogP contribution in [0.15, 0.2) is 30.5 Å². The lowest BCUT2D eigenvalue weighted by Gasteiger charge is -2.08. The van der Waals surface area contributed by atoms with Crippen LogP contribution in [0, 0.1) is 0 Å². The van der Waals surface area contributed by atoms with Crippen LogP contribution < -0.4 is 0 Å². The van der Waals surface area contributed by atoms with Crippen molar-refractivity contribution in [2.24, 2.45) is 0 Å². The average molecular weight is 263 g/mol. The summed E-state index contributed by atoms with van der Waals surface area (Å²) in [6.07, 6.45) is 4.08. The molecule has 0 aliphatic heterocycles. The van der Waals surface area contributed by atoms with E-state index in [0.29, 0.717) is 16.6 Å². The molecule has 1 aliphatic rings. The predicted molar refractivity (Wildman–Crippen MR) is 67.5 cm³/mol. The molecular formula is C13H11ClN2O2. The molecule has 92 valence electrons. The highest BCUT2D eigenvalue weighted by Crippen LogP contribution is 2.39. The number of hydrogen-bond acceptors (Lipinski definition) is 2. The van der Waals surface area contributed by atoms with Crippen molar-refractivity contribution in [3.05, 3.63) is 46.7 Å². The van der Waals surface area contributed by atoms with E-state index in [0.717, 1.165) is 18.5 Å². The Kier molecular flexibility index (Phi) is 2.59. The fourth-order valence-electron chi connectivity index (χ4n) is 1.98. The van der Waals surface area contributed by atoms with Crippen molar-refractivity contribution in [3.8, 4) is 5.69 Å². The first-order valence-corrected chi connectivity index (χ1v) is 6.12. The first kappa shape index (κ1) is 11.3. The second kappa shape index (κ2) is 4.14. The van der Waals surface area contributed by atoms with Gasteiger partial charge >= 0.3 is 5.97 Å². The number of aromatic carboxylic acids is 1. The van der Waals surface area contributed by atoms with Gasteiger partial charge in [0.15, 0.2) is 0 Å². The molecule has 5 heteroatoms. The van der Waals surface area contributed by atoms with E-state index in [-0.39, 0.29) is 5.56 Å². The average Bonchev–Trinajstić information content (AvgIpc) is 3.08. The highest BCUT2D eigenvalue weighted by molar-refractivity contribution is 6.33. The third-order valence-electron chi connectivity index (χ3n) is 3.05. The van der Waals surface area contributed by atoms with Crippen molar-refractivity contribution in [1.82, 2.24) is 9.78 Å². The lowest BCUT2D eigenvalue weighted by Crippen LogP contribution is -2.06. The summed E-state index contributed by atoms with van der Waals surface area (Å²) in [6, 6.07) is 6.75. The summed E-state index contributed by atoms with van der Waals surface area (Å²) in [5.41, 5.74) is 1.60. The number of carboxylic acid groups (broad SMARTS) is 1. The Labute approximate surface area is 109 Å². The SMILES string of the molecule is O=C(O)c1cccc(Cl)c1-n1ccc(C2CC2)n1. The zero-order valence-corrected chi connectivity index (χ0v) is 10.3. The summed E-state index contributed by atoms with van der Waals surface area (Å²) >= 11 is 6.09. The molecule has 0 radical (unpaired) electrons. The van der Waals surface area contributed by atoms with Gasteiger partial charge in [-0.15, -0.1) is 0 Å². The molecule has 0 amide bonds. The van der Waals surface area contributed by atoms with Crippen LogP contribution in [0.25, 0.3) is 5.69 Å². The van der Waals surface area contributed by atoms with Gasteiger partial charge in [-0.2, -0.15) is 5.10 Å². The molecule has 0 atom stereocenters. The fourth-order valence-corrected chi connectivity index (χ4v) is 2.24. The van der Waals surface area contributed by atoms with Crippen LogP contribution in [0.5, 0.6) is 0 Å². The Morgan fingerprint density at radius 2 is 2.17 bits per heavy atom. The van der Waals surface area contributed by atoms with Crippen LogP contribution in [-0.2, 0) is 0 Å². The molecule has 1 heterocycles. The maximum Gasteiger partial charge on any atom is 0.337 e. The number of aromatic nitrogens is 2. The highest BCUT2D eigenvalue weighted by Gasteiger charge is 2.26. The first-order valence-electron chi connectivity index (χ1n) is 5.74. The second-order valence-corrected chi connectivity index (χ2v) is 4.81. The molecule has 0 spiro atoms. The maximum absolute atomic E-state index is 11.2. The summed E-state index contributed by atoms with van der Waals surface area (Å²) in [5.74, 6) is -0.474. The molecule has 1 aliphatic carbocycles. The van der Waals surface area contributed by atoms with Crippen molar-refractivity contribution in [2.75, 3.05) is 0 Å². The fraction of sp³-hybridized carbons (Fsp3) is 0.231. The van der Waals surface area contributed by atoms with E-state index < -0.39 is 5.97 Å². The van der Waals surface area contributed by atoms with E-state index >= 15 is 0 Å². The molecule has 0 unspecified atom stereocenters. The molecule has 1 N–H and O–H groups in total. The predicted octanol–water partition coefficient (Wildman–Crippen LogP) is 3.10. The minimum Gasteiger partial charge on any atom is -0.478 e. The van der Waals surface area contributed by atoms with Gasteiger partial charge in [-0.25, -0.2) is 9.48 Å². The van der Waals surface area contributed by atoms with Crippen LogP contribution in [-0.4, -0.2) is 20.9 Å². The largest absolute Gasteiger partial charge is 0.478 e. The number of rotatable bonds is 3. The molecule has 4 nitrogen and oxygen atoms in total. The van der Waals surface area contributed by atoms with E-state index in [4.69, 9.17) is 11.6 Å². The quantitative estimate of drug-likeness (QED) is 0.925. The zero-order chi connectivity index (χ0) is 12.7. The number of nitrogens with zero attached hydrogens (tertiary/aromatic N) is 2. The van der Waals surface area contributed by atoms with Gasteiger partial charge in [0.05, 0.1) is 22.0 Å². The number of carbonyl (C=O) groups is 1. The molecule has 2 aromatic rings. The van der Waals surface area contributed by atoms with E-state index in [9.17, 15) is 9.90 Å². The summed E-state index contributed by atoms with van der Waals surface area (Å²) in [6.45, 7) is 0. The summed E-state index contributed by atoms with van der Waals surface area (Å²) in [7, 11) is 0. The first-order chi connectivity index (χ1) is 8.66. The van der Waals surface area contributed by atoms with E-state index in [1.807, 2.05) is 6.07 Å². The van der Waals surface area contributed by atoms with Crippen LogP contribution in [0.4, 0.5) is 0 Å². The molecule has 1 saturated carbocycles. The normalized spacial score (nSPS) is 14.7. The molecule has 1 aromatic carbocycles. The Morgan fingerprint density at radius 3 is 2.83 bits per heavy atom. The zero-order valence-electron chi connectivity index (χ0n) is 9.51. The topological polar surface area (TPSA) is 55.1 Å². The molecule has 3 rings (SSSR count). The van der Waals surface area contributed by atoms with E-state index in [2.05, 4.69) is 5.10 Å². The van der Waals surface area contributed by atoms with Gasteiger partial charge in [0.2, 0.25) is 0 Å². The standard InChI is InChI=1S/C13H11ClN2O2/c14-10-3-1-2-9(13(17)18)12(10)16-7-6-11(15-16)8-4-5-8/h1-3,6-8H,4-5H2,(H,17,18). The van der Waals surface area contributed by atoms with Crippen molar-refractivity contribution in [3.63, 3.8) is 0 Å². The summed E-state index contributed by atoms with van der Waals surface area (Å²) < 4.78 is 1.56. The number of carboxylic acids is 1. The minimum absolute atomic E-state index is 0.160. The molecular weight excluding hydrogens is 252 g/mol. The van der Waals surface area contributed by atoms with Crippen LogP contribution in [0.2, 0.25) is 5.02 Å². The lowest BCUT2D eigenvalue weighted by molar-refractivity contribution is 0.0696. The number of benzene rings is 1. The number of halogens is 1. The third-order valence-corrected chi connectivity index (χ3v) is 3.36. The van der Waals surface area contributed by atoms with Crippen molar-refractivity contribution in [2.45, 2.75) is 18.8 Å². The van der Waals surface area contributed by atoms with Crippen molar-refractivity contribution < 1.29 is 9.90 Å². The van der Waals surface area contributed by atoms with Gasteiger partial charge in [0, 0.05) is 12.1 Å². The van der Waals surface area contributed by atoms with Gasteiger partial charge in [-0.1, -0.05) is 17.7 Å². The molecule has 0 bridgehead atoms. The second-order valence-electron chi connectivity index (χ2n) is 4.40. The van der Waals surface area contributed by atoms with Crippen molar-refractivity contribution in [1.29, 1.82) is 0 Å². The van der Waals surface area contributed by atoms with Crippen LogP contribution in [0.1, 0.15) is 34.8 Å². The highest BCUT2D eigenvalue weighted by atomic mass is 35.5. The van der Waals surface area contributed by atoms with E-state index in [1.165, 1.54) is 6.07 Å². The van der Waals surface area contributed by atoms with Crippen LogP contribution in [0.3, 0.4) is 0 Å². The third kappa shape index (κ3) is 1.88. The molecule has 0 saturated heterocycles. The maximum atomic E-state index is 11.2. The lowest BCUT2D eigenvalue weighted by atomic mass is 10.2. The molecule has 1 aromatic heterocycles. The molecule has 18 heavy (non-hydrogen) atoms. The van der Waals surface area contributed by atoms with E-state index in [1.54, 1.807) is 23.0 Å². The van der Waals surface area contributed by atoms with Gasteiger partial charge < -0.3 is 5.11 Å². The Balaban J connectivity index is 2.11. The summed E-state index contributed by atoms with van der Waals surface area (Å²) in [4.78, 5) is 11.2.